The fraction of sp³-hybridized carbons (Fsp3) is 0.800. The Bertz CT molecular complexity index is 97.0. The van der Waals surface area contributed by atoms with Gasteiger partial charge in [0.1, 0.15) is 0 Å². The van der Waals surface area contributed by atoms with Gasteiger partial charge in [0, 0.05) is 0 Å². The molecule has 0 amide bonds. The van der Waals surface area contributed by atoms with E-state index >= 15 is 0 Å². The van der Waals surface area contributed by atoms with Crippen LogP contribution in [0.2, 0.25) is 11.1 Å². The first-order valence-corrected chi connectivity index (χ1v) is 5.58. The monoisotopic (exact) mass is 192 g/mol. The van der Waals surface area contributed by atoms with E-state index in [1.165, 1.54) is 0 Å². The Morgan fingerprint density at radius 1 is 1.89 bits per heavy atom. The summed E-state index contributed by atoms with van der Waals surface area (Å²) >= 11 is 0.549. The van der Waals surface area contributed by atoms with E-state index < -0.39 is 12.0 Å². The third kappa shape index (κ3) is 4.45. The minimum absolute atomic E-state index is 0.549. The van der Waals surface area contributed by atoms with Gasteiger partial charge in [-0.2, -0.15) is 0 Å². The normalized spacial score (nSPS) is 13.1. The fourth-order valence-corrected chi connectivity index (χ4v) is 1.40. The van der Waals surface area contributed by atoms with Crippen molar-refractivity contribution in [3.8, 4) is 0 Å². The van der Waals surface area contributed by atoms with E-state index in [4.69, 9.17) is 10.8 Å². The molecule has 0 aromatic carbocycles. The van der Waals surface area contributed by atoms with Crippen molar-refractivity contribution in [3.63, 3.8) is 0 Å². The van der Waals surface area contributed by atoms with Crippen molar-refractivity contribution >= 4 is 20.9 Å². The third-order valence-electron chi connectivity index (χ3n) is 0.950. The molecule has 0 saturated heterocycles. The molecule has 0 spiro atoms. The number of carboxylic acids is 1. The SMILES string of the molecule is C[75Se]CC[C@H](N)C(=O)O. The number of hydrogen-bond donors (Lipinski definition) is 2. The molecule has 0 aliphatic rings. The maximum atomic E-state index is 10.1. The first-order chi connectivity index (χ1) is 4.18. The Hall–Kier alpha value is -0.0505. The van der Waals surface area contributed by atoms with Gasteiger partial charge in [-0.3, -0.25) is 0 Å². The molecule has 0 unspecified atom stereocenters. The summed E-state index contributed by atoms with van der Waals surface area (Å²) in [5.41, 5.74) is 5.21. The van der Waals surface area contributed by atoms with Gasteiger partial charge in [-0.1, -0.05) is 0 Å². The molecule has 0 aromatic heterocycles. The second-order valence-corrected chi connectivity index (χ2v) is 3.79. The van der Waals surface area contributed by atoms with Gasteiger partial charge in [0.05, 0.1) is 0 Å². The molecular formula is C5H11NO2Se. The van der Waals surface area contributed by atoms with Crippen molar-refractivity contribution in [1.82, 2.24) is 0 Å². The summed E-state index contributed by atoms with van der Waals surface area (Å²) in [6, 6.07) is -0.646. The Balaban J connectivity index is 3.27. The number of rotatable bonds is 4. The van der Waals surface area contributed by atoms with Gasteiger partial charge in [0.25, 0.3) is 0 Å². The van der Waals surface area contributed by atoms with Gasteiger partial charge >= 0.3 is 60.2 Å². The summed E-state index contributed by atoms with van der Waals surface area (Å²) < 4.78 is 0. The average molecular weight is 192 g/mol. The zero-order valence-electron chi connectivity index (χ0n) is 5.33. The second kappa shape index (κ2) is 4.79. The van der Waals surface area contributed by atoms with Crippen LogP contribution in [0.1, 0.15) is 6.42 Å². The van der Waals surface area contributed by atoms with Crippen LogP contribution in [-0.4, -0.2) is 32.1 Å². The van der Waals surface area contributed by atoms with Crippen LogP contribution in [0.5, 0.6) is 0 Å². The topological polar surface area (TPSA) is 63.3 Å². The Morgan fingerprint density at radius 3 is 2.78 bits per heavy atom. The van der Waals surface area contributed by atoms with E-state index in [1.807, 2.05) is 0 Å². The molecule has 0 saturated carbocycles. The third-order valence-corrected chi connectivity index (χ3v) is 2.30. The summed E-state index contributed by atoms with van der Waals surface area (Å²) in [6.07, 6.45) is 0.617. The maximum absolute atomic E-state index is 10.1. The second-order valence-electron chi connectivity index (χ2n) is 1.73. The van der Waals surface area contributed by atoms with Crippen LogP contribution in [-0.2, 0) is 4.79 Å². The summed E-state index contributed by atoms with van der Waals surface area (Å²) in [6.45, 7) is 0. The van der Waals surface area contributed by atoms with Crippen LogP contribution < -0.4 is 5.73 Å². The Morgan fingerprint density at radius 2 is 2.44 bits per heavy atom. The standard InChI is InChI=1S/C5H11NO2Se/c1-9-3-2-4(6)5(7)8/h4H,2-3,6H2,1H3,(H,7,8)/t4-/m0/s1/i9-4. The molecular weight excluding hydrogens is 181 g/mol. The van der Waals surface area contributed by atoms with Gasteiger partial charge in [-0.15, -0.1) is 0 Å². The fourth-order valence-electron chi connectivity index (χ4n) is 0.368. The number of nitrogens with two attached hydrogens (primary N) is 1. The first kappa shape index (κ1) is 8.95. The van der Waals surface area contributed by atoms with Gasteiger partial charge in [-0.05, 0) is 0 Å². The minimum atomic E-state index is -0.890. The summed E-state index contributed by atoms with van der Waals surface area (Å²) in [4.78, 5) is 10.1. The van der Waals surface area contributed by atoms with Crippen molar-refractivity contribution < 1.29 is 9.90 Å². The number of carboxylic acid groups (broad SMARTS) is 1. The first-order valence-electron chi connectivity index (χ1n) is 2.65. The van der Waals surface area contributed by atoms with Crippen LogP contribution in [0.15, 0.2) is 0 Å². The number of aliphatic carboxylic acids is 1. The molecule has 1 atom stereocenters. The zero-order valence-corrected chi connectivity index (χ0v) is 7.05. The van der Waals surface area contributed by atoms with Gasteiger partial charge in [0.15, 0.2) is 0 Å². The molecule has 0 bridgehead atoms. The predicted molar refractivity (Wildman–Crippen MR) is 36.7 cm³/mol. The molecule has 0 aliphatic carbocycles. The molecule has 54 valence electrons. The van der Waals surface area contributed by atoms with Crippen LogP contribution in [0.4, 0.5) is 0 Å². The van der Waals surface area contributed by atoms with E-state index in [2.05, 4.69) is 5.82 Å². The Labute approximate surface area is 60.8 Å². The van der Waals surface area contributed by atoms with E-state index in [1.54, 1.807) is 0 Å². The molecule has 0 heterocycles. The molecule has 3 nitrogen and oxygen atoms in total. The molecule has 4 heteroatoms. The van der Waals surface area contributed by atoms with Gasteiger partial charge < -0.3 is 0 Å². The van der Waals surface area contributed by atoms with Crippen LogP contribution >= 0.6 is 0 Å². The summed E-state index contributed by atoms with van der Waals surface area (Å²) in [7, 11) is 0. The van der Waals surface area contributed by atoms with Gasteiger partial charge in [0.2, 0.25) is 0 Å². The summed E-state index contributed by atoms with van der Waals surface area (Å²) in [5.74, 6) is 1.18. The van der Waals surface area contributed by atoms with Crippen LogP contribution in [0.25, 0.3) is 0 Å². The molecule has 0 aromatic rings. The number of hydrogen-bond acceptors (Lipinski definition) is 2. The van der Waals surface area contributed by atoms with E-state index in [0.717, 1.165) is 5.32 Å². The average Bonchev–Trinajstić information content (AvgIpc) is 1.82. The molecule has 0 rings (SSSR count). The summed E-state index contributed by atoms with van der Waals surface area (Å²) in [5, 5.41) is 9.25. The van der Waals surface area contributed by atoms with Gasteiger partial charge in [-0.25, -0.2) is 0 Å². The molecule has 0 radical (unpaired) electrons. The zero-order chi connectivity index (χ0) is 7.28. The molecule has 9 heavy (non-hydrogen) atoms. The molecule has 0 fully saturated rings. The van der Waals surface area contributed by atoms with E-state index in [0.29, 0.717) is 21.4 Å². The molecule has 3 N–H and O–H groups in total. The molecule has 0 aliphatic heterocycles. The van der Waals surface area contributed by atoms with Crippen LogP contribution in [0, 0.1) is 0 Å². The predicted octanol–water partition coefficient (Wildman–Crippen LogP) is -0.0410. The van der Waals surface area contributed by atoms with Crippen molar-refractivity contribution in [2.75, 3.05) is 0 Å². The quantitative estimate of drug-likeness (QED) is 0.614. The van der Waals surface area contributed by atoms with E-state index in [-0.39, 0.29) is 0 Å². The van der Waals surface area contributed by atoms with E-state index in [9.17, 15) is 4.79 Å². The van der Waals surface area contributed by atoms with Crippen LogP contribution in [0.3, 0.4) is 0 Å². The van der Waals surface area contributed by atoms with Crippen molar-refractivity contribution in [2.24, 2.45) is 5.73 Å². The Kier molecular flexibility index (Phi) is 4.77. The van der Waals surface area contributed by atoms with Crippen molar-refractivity contribution in [3.05, 3.63) is 0 Å². The van der Waals surface area contributed by atoms with Crippen molar-refractivity contribution in [2.45, 2.75) is 23.6 Å². The number of carbonyl (C=O) groups is 1. The van der Waals surface area contributed by atoms with Crippen molar-refractivity contribution in [1.29, 1.82) is 0 Å².